The molecule has 0 heterocycles. The third-order valence-corrected chi connectivity index (χ3v) is 3.63. The normalized spacial score (nSPS) is 10.5. The maximum atomic E-state index is 12.9. The Labute approximate surface area is 128 Å². The molecule has 0 aliphatic carbocycles. The number of carboxylic acids is 1. The molecule has 0 radical (unpaired) electrons. The molecular formula is C18H17FO3. The monoisotopic (exact) mass is 300 g/mol. The van der Waals surface area contributed by atoms with Crippen molar-refractivity contribution in [2.24, 2.45) is 0 Å². The zero-order valence-electron chi connectivity index (χ0n) is 12.3. The fraction of sp³-hybridized carbons (Fsp3) is 0.222. The summed E-state index contributed by atoms with van der Waals surface area (Å²) in [7, 11) is 0. The fourth-order valence-corrected chi connectivity index (χ4v) is 2.39. The minimum Gasteiger partial charge on any atom is -0.481 e. The van der Waals surface area contributed by atoms with E-state index in [1.165, 1.54) is 24.3 Å². The Bertz CT molecular complexity index is 690. The Morgan fingerprint density at radius 3 is 2.41 bits per heavy atom. The molecule has 2 aromatic rings. The molecule has 0 saturated heterocycles. The van der Waals surface area contributed by atoms with Gasteiger partial charge in [-0.05, 0) is 55.2 Å². The number of hydrogen-bond donors (Lipinski definition) is 1. The van der Waals surface area contributed by atoms with Crippen LogP contribution >= 0.6 is 0 Å². The van der Waals surface area contributed by atoms with E-state index in [0.29, 0.717) is 24.0 Å². The van der Waals surface area contributed by atoms with Gasteiger partial charge in [0.1, 0.15) is 5.82 Å². The average molecular weight is 300 g/mol. The predicted octanol–water partition coefficient (Wildman–Crippen LogP) is 3.77. The van der Waals surface area contributed by atoms with Gasteiger partial charge in [0.2, 0.25) is 0 Å². The first-order chi connectivity index (χ1) is 10.5. The minimum absolute atomic E-state index is 0.107. The first-order valence-corrected chi connectivity index (χ1v) is 7.09. The van der Waals surface area contributed by atoms with Gasteiger partial charge in [-0.3, -0.25) is 9.59 Å². The Kier molecular flexibility index (Phi) is 5.04. The van der Waals surface area contributed by atoms with Gasteiger partial charge in [-0.2, -0.15) is 0 Å². The van der Waals surface area contributed by atoms with E-state index in [9.17, 15) is 14.0 Å². The average Bonchev–Trinajstić information content (AvgIpc) is 2.49. The first-order valence-electron chi connectivity index (χ1n) is 7.09. The van der Waals surface area contributed by atoms with Crippen LogP contribution in [0.2, 0.25) is 0 Å². The second-order valence-electron chi connectivity index (χ2n) is 5.17. The molecule has 0 aliphatic heterocycles. The van der Waals surface area contributed by atoms with Crippen molar-refractivity contribution in [3.05, 3.63) is 70.5 Å². The number of hydrogen-bond acceptors (Lipinski definition) is 2. The summed E-state index contributed by atoms with van der Waals surface area (Å²) >= 11 is 0. The second-order valence-corrected chi connectivity index (χ2v) is 5.17. The van der Waals surface area contributed by atoms with Gasteiger partial charge >= 0.3 is 5.97 Å². The van der Waals surface area contributed by atoms with Gasteiger partial charge in [0.05, 0.1) is 0 Å². The quantitative estimate of drug-likeness (QED) is 0.826. The number of aliphatic carboxylic acids is 1. The van der Waals surface area contributed by atoms with Crippen LogP contribution in [0.1, 0.15) is 39.9 Å². The van der Waals surface area contributed by atoms with Crippen LogP contribution in [0, 0.1) is 12.7 Å². The molecule has 114 valence electrons. The Balaban J connectivity index is 2.22. The van der Waals surface area contributed by atoms with Crippen LogP contribution in [0.4, 0.5) is 4.39 Å². The largest absolute Gasteiger partial charge is 0.481 e. The molecule has 0 aliphatic rings. The maximum Gasteiger partial charge on any atom is 0.303 e. The standard InChI is InChI=1S/C18H17FO3/c1-12-13(5-3-7-17(20)21)4-2-6-16(12)18(22)14-8-10-15(19)11-9-14/h2,4,6,8-11H,3,5,7H2,1H3,(H,20,21). The van der Waals surface area contributed by atoms with Crippen LogP contribution in [0.25, 0.3) is 0 Å². The summed E-state index contributed by atoms with van der Waals surface area (Å²) in [4.78, 5) is 23.1. The molecule has 0 aromatic heterocycles. The van der Waals surface area contributed by atoms with Gasteiger partial charge in [-0.1, -0.05) is 18.2 Å². The zero-order chi connectivity index (χ0) is 16.1. The van der Waals surface area contributed by atoms with Crippen LogP contribution in [0.3, 0.4) is 0 Å². The smallest absolute Gasteiger partial charge is 0.303 e. The van der Waals surface area contributed by atoms with E-state index < -0.39 is 5.97 Å². The van der Waals surface area contributed by atoms with Crippen molar-refractivity contribution in [3.63, 3.8) is 0 Å². The van der Waals surface area contributed by atoms with Crippen molar-refractivity contribution < 1.29 is 19.1 Å². The number of carbonyl (C=O) groups is 2. The van der Waals surface area contributed by atoms with Crippen molar-refractivity contribution in [2.45, 2.75) is 26.2 Å². The lowest BCUT2D eigenvalue weighted by atomic mass is 9.93. The summed E-state index contributed by atoms with van der Waals surface area (Å²) in [5.74, 6) is -1.36. The molecule has 0 bridgehead atoms. The van der Waals surface area contributed by atoms with Crippen molar-refractivity contribution in [1.29, 1.82) is 0 Å². The van der Waals surface area contributed by atoms with Crippen LogP contribution in [0.5, 0.6) is 0 Å². The van der Waals surface area contributed by atoms with E-state index in [-0.39, 0.29) is 18.0 Å². The summed E-state index contributed by atoms with van der Waals surface area (Å²) in [6.07, 6.45) is 1.25. The molecule has 2 aromatic carbocycles. The summed E-state index contributed by atoms with van der Waals surface area (Å²) in [6, 6.07) is 10.9. The minimum atomic E-state index is -0.823. The summed E-state index contributed by atoms with van der Waals surface area (Å²) in [6.45, 7) is 1.85. The molecule has 4 heteroatoms. The topological polar surface area (TPSA) is 54.4 Å². The molecule has 1 N–H and O–H groups in total. The second kappa shape index (κ2) is 6.98. The van der Waals surface area contributed by atoms with Crippen molar-refractivity contribution in [3.8, 4) is 0 Å². The van der Waals surface area contributed by atoms with Crippen molar-refractivity contribution in [1.82, 2.24) is 0 Å². The molecule has 0 saturated carbocycles. The highest BCUT2D eigenvalue weighted by molar-refractivity contribution is 6.10. The highest BCUT2D eigenvalue weighted by Crippen LogP contribution is 2.19. The van der Waals surface area contributed by atoms with Crippen LogP contribution < -0.4 is 0 Å². The lowest BCUT2D eigenvalue weighted by Gasteiger charge is -2.10. The summed E-state index contributed by atoms with van der Waals surface area (Å²) in [5, 5.41) is 8.69. The van der Waals surface area contributed by atoms with Gasteiger partial charge in [0.25, 0.3) is 0 Å². The van der Waals surface area contributed by atoms with Gasteiger partial charge in [0.15, 0.2) is 5.78 Å². The number of halogens is 1. The van der Waals surface area contributed by atoms with Gasteiger partial charge < -0.3 is 5.11 Å². The number of carbonyl (C=O) groups excluding carboxylic acids is 1. The maximum absolute atomic E-state index is 12.9. The van der Waals surface area contributed by atoms with E-state index >= 15 is 0 Å². The molecular weight excluding hydrogens is 283 g/mol. The van der Waals surface area contributed by atoms with E-state index in [4.69, 9.17) is 5.11 Å². The SMILES string of the molecule is Cc1c(CCCC(=O)O)cccc1C(=O)c1ccc(F)cc1. The lowest BCUT2D eigenvalue weighted by molar-refractivity contribution is -0.137. The van der Waals surface area contributed by atoms with Gasteiger partial charge in [-0.25, -0.2) is 4.39 Å². The highest BCUT2D eigenvalue weighted by Gasteiger charge is 2.14. The summed E-state index contributed by atoms with van der Waals surface area (Å²) in [5.41, 5.74) is 2.82. The van der Waals surface area contributed by atoms with E-state index in [0.717, 1.165) is 11.1 Å². The molecule has 0 fully saturated rings. The molecule has 0 amide bonds. The number of carboxylic acid groups (broad SMARTS) is 1. The van der Waals surface area contributed by atoms with Crippen LogP contribution in [-0.2, 0) is 11.2 Å². The molecule has 3 nitrogen and oxygen atoms in total. The number of aryl methyl sites for hydroxylation is 1. The zero-order valence-corrected chi connectivity index (χ0v) is 12.3. The molecule has 0 atom stereocenters. The van der Waals surface area contributed by atoms with E-state index in [1.54, 1.807) is 12.1 Å². The van der Waals surface area contributed by atoms with Crippen LogP contribution in [-0.4, -0.2) is 16.9 Å². The molecule has 0 unspecified atom stereocenters. The number of benzene rings is 2. The van der Waals surface area contributed by atoms with Crippen LogP contribution in [0.15, 0.2) is 42.5 Å². The first kappa shape index (κ1) is 15.9. The van der Waals surface area contributed by atoms with E-state index in [2.05, 4.69) is 0 Å². The Morgan fingerprint density at radius 2 is 1.77 bits per heavy atom. The lowest BCUT2D eigenvalue weighted by Crippen LogP contribution is -2.06. The fourth-order valence-electron chi connectivity index (χ4n) is 2.39. The Hall–Kier alpha value is -2.49. The Morgan fingerprint density at radius 1 is 1.09 bits per heavy atom. The van der Waals surface area contributed by atoms with Crippen molar-refractivity contribution >= 4 is 11.8 Å². The molecule has 0 spiro atoms. The van der Waals surface area contributed by atoms with E-state index in [1.807, 2.05) is 13.0 Å². The predicted molar refractivity (Wildman–Crippen MR) is 81.6 cm³/mol. The van der Waals surface area contributed by atoms with Gasteiger partial charge in [0, 0.05) is 17.5 Å². The summed E-state index contributed by atoms with van der Waals surface area (Å²) < 4.78 is 12.9. The highest BCUT2D eigenvalue weighted by atomic mass is 19.1. The third-order valence-electron chi connectivity index (χ3n) is 3.63. The third kappa shape index (κ3) is 3.79. The van der Waals surface area contributed by atoms with Gasteiger partial charge in [-0.15, -0.1) is 0 Å². The van der Waals surface area contributed by atoms with Crippen molar-refractivity contribution in [2.75, 3.05) is 0 Å². The number of ketones is 1. The number of rotatable bonds is 6. The molecule has 22 heavy (non-hydrogen) atoms. The molecule has 2 rings (SSSR count).